The van der Waals surface area contributed by atoms with E-state index in [1.165, 1.54) is 0 Å². The third kappa shape index (κ3) is 2.51. The molecule has 0 saturated carbocycles. The van der Waals surface area contributed by atoms with Crippen LogP contribution in [0.1, 0.15) is 12.5 Å². The second-order valence-corrected chi connectivity index (χ2v) is 5.09. The normalized spacial score (nSPS) is 17.3. The molecule has 4 nitrogen and oxygen atoms in total. The summed E-state index contributed by atoms with van der Waals surface area (Å²) in [6, 6.07) is 5.37. The number of amides is 1. The van der Waals surface area contributed by atoms with Crippen LogP contribution in [0.25, 0.3) is 6.08 Å². The molecule has 1 amide bonds. The fourth-order valence-electron chi connectivity index (χ4n) is 2.02. The minimum Gasteiger partial charge on any atom is -0.495 e. The summed E-state index contributed by atoms with van der Waals surface area (Å²) in [6.07, 6.45) is 1.77. The molecular weight excluding hydrogens is 296 g/mol. The highest BCUT2D eigenvalue weighted by Gasteiger charge is 2.34. The second kappa shape index (κ2) is 5.81. The largest absolute Gasteiger partial charge is 0.495 e. The first-order valence-electron chi connectivity index (χ1n) is 6.14. The number of halogens is 1. The summed E-state index contributed by atoms with van der Waals surface area (Å²) in [5.74, 6) is 0.512. The van der Waals surface area contributed by atoms with Crippen LogP contribution < -0.4 is 4.74 Å². The van der Waals surface area contributed by atoms with Gasteiger partial charge in [0.2, 0.25) is 0 Å². The molecule has 1 fully saturated rings. The van der Waals surface area contributed by atoms with Gasteiger partial charge in [0, 0.05) is 13.6 Å². The van der Waals surface area contributed by atoms with Crippen molar-refractivity contribution in [3.8, 4) is 5.75 Å². The van der Waals surface area contributed by atoms with Crippen LogP contribution in [-0.2, 0) is 4.79 Å². The van der Waals surface area contributed by atoms with E-state index in [0.29, 0.717) is 28.1 Å². The van der Waals surface area contributed by atoms with Gasteiger partial charge in [0.15, 0.2) is 5.11 Å². The first kappa shape index (κ1) is 14.8. The van der Waals surface area contributed by atoms with E-state index in [4.69, 9.17) is 28.6 Å². The monoisotopic (exact) mass is 310 g/mol. The molecule has 0 aromatic heterocycles. The third-order valence-electron chi connectivity index (χ3n) is 3.14. The molecule has 0 aliphatic carbocycles. The van der Waals surface area contributed by atoms with Crippen molar-refractivity contribution in [3.05, 3.63) is 34.5 Å². The SMILES string of the molecule is CCN1C(=O)/C(=C/c2ccc(OC)c(Cl)c2)N(C)C1=S. The van der Waals surface area contributed by atoms with Crippen molar-refractivity contribution in [1.82, 2.24) is 9.80 Å². The summed E-state index contributed by atoms with van der Waals surface area (Å²) in [7, 11) is 3.35. The second-order valence-electron chi connectivity index (χ2n) is 4.31. The van der Waals surface area contributed by atoms with Crippen molar-refractivity contribution in [1.29, 1.82) is 0 Å². The summed E-state index contributed by atoms with van der Waals surface area (Å²) in [5, 5.41) is 1.02. The lowest BCUT2D eigenvalue weighted by atomic mass is 10.1. The van der Waals surface area contributed by atoms with E-state index in [0.717, 1.165) is 5.56 Å². The first-order chi connectivity index (χ1) is 9.49. The smallest absolute Gasteiger partial charge is 0.276 e. The molecule has 1 aromatic rings. The summed E-state index contributed by atoms with van der Waals surface area (Å²) in [4.78, 5) is 15.5. The van der Waals surface area contributed by atoms with Crippen molar-refractivity contribution in [2.45, 2.75) is 6.92 Å². The summed E-state index contributed by atoms with van der Waals surface area (Å²) < 4.78 is 5.10. The van der Waals surface area contributed by atoms with Gasteiger partial charge in [-0.15, -0.1) is 0 Å². The van der Waals surface area contributed by atoms with E-state index in [-0.39, 0.29) is 5.91 Å². The van der Waals surface area contributed by atoms with Gasteiger partial charge in [-0.1, -0.05) is 17.7 Å². The van der Waals surface area contributed by atoms with E-state index in [9.17, 15) is 4.79 Å². The van der Waals surface area contributed by atoms with Crippen LogP contribution in [0.5, 0.6) is 5.75 Å². The number of hydrogen-bond acceptors (Lipinski definition) is 3. The van der Waals surface area contributed by atoms with Crippen LogP contribution in [0.4, 0.5) is 0 Å². The number of ether oxygens (including phenoxy) is 1. The van der Waals surface area contributed by atoms with Gasteiger partial charge in [-0.25, -0.2) is 0 Å². The van der Waals surface area contributed by atoms with Crippen molar-refractivity contribution < 1.29 is 9.53 Å². The number of thiocarbonyl (C=S) groups is 1. The zero-order valence-electron chi connectivity index (χ0n) is 11.5. The van der Waals surface area contributed by atoms with Gasteiger partial charge >= 0.3 is 0 Å². The predicted molar refractivity (Wildman–Crippen MR) is 83.7 cm³/mol. The minimum absolute atomic E-state index is 0.0908. The molecule has 0 spiro atoms. The average Bonchev–Trinajstić information content (AvgIpc) is 2.63. The fraction of sp³-hybridized carbons (Fsp3) is 0.286. The Morgan fingerprint density at radius 2 is 2.15 bits per heavy atom. The molecule has 20 heavy (non-hydrogen) atoms. The fourth-order valence-corrected chi connectivity index (χ4v) is 2.60. The quantitative estimate of drug-likeness (QED) is 0.635. The highest BCUT2D eigenvalue weighted by molar-refractivity contribution is 7.80. The Labute approximate surface area is 128 Å². The van der Waals surface area contributed by atoms with E-state index in [1.54, 1.807) is 42.2 Å². The minimum atomic E-state index is -0.0908. The van der Waals surface area contributed by atoms with Gasteiger partial charge in [0.25, 0.3) is 5.91 Å². The summed E-state index contributed by atoms with van der Waals surface area (Å²) in [6.45, 7) is 2.45. The molecule has 1 saturated heterocycles. The Morgan fingerprint density at radius 1 is 1.45 bits per heavy atom. The standard InChI is InChI=1S/C14H15ClN2O2S/c1-4-17-13(18)11(16(2)14(17)20)8-9-5-6-12(19-3)10(15)7-9/h5-8H,4H2,1-3H3/b11-8-. The number of likely N-dealkylation sites (N-methyl/N-ethyl adjacent to an activating group) is 2. The molecule has 2 rings (SSSR count). The van der Waals surface area contributed by atoms with E-state index in [1.807, 2.05) is 13.0 Å². The van der Waals surface area contributed by atoms with Gasteiger partial charge in [0.1, 0.15) is 11.4 Å². The number of rotatable bonds is 3. The zero-order chi connectivity index (χ0) is 14.9. The highest BCUT2D eigenvalue weighted by atomic mass is 35.5. The Morgan fingerprint density at radius 3 is 2.65 bits per heavy atom. The Hall–Kier alpha value is -1.59. The topological polar surface area (TPSA) is 32.8 Å². The number of carbonyl (C=O) groups excluding carboxylic acids is 1. The Kier molecular flexibility index (Phi) is 4.30. The maximum Gasteiger partial charge on any atom is 0.276 e. The van der Waals surface area contributed by atoms with Crippen LogP contribution in [-0.4, -0.2) is 41.5 Å². The molecule has 1 aromatic carbocycles. The van der Waals surface area contributed by atoms with Gasteiger partial charge in [0.05, 0.1) is 12.1 Å². The molecule has 0 N–H and O–H groups in total. The van der Waals surface area contributed by atoms with Crippen molar-refractivity contribution >= 4 is 40.9 Å². The molecule has 6 heteroatoms. The average molecular weight is 311 g/mol. The van der Waals surface area contributed by atoms with Crippen LogP contribution >= 0.6 is 23.8 Å². The zero-order valence-corrected chi connectivity index (χ0v) is 13.1. The van der Waals surface area contributed by atoms with Gasteiger partial charge in [-0.05, 0) is 42.9 Å². The lowest BCUT2D eigenvalue weighted by molar-refractivity contribution is -0.122. The Bertz CT molecular complexity index is 601. The number of hydrogen-bond donors (Lipinski definition) is 0. The molecule has 0 atom stereocenters. The molecule has 106 valence electrons. The van der Waals surface area contributed by atoms with Crippen LogP contribution in [0.3, 0.4) is 0 Å². The molecule has 1 heterocycles. The van der Waals surface area contributed by atoms with Gasteiger partial charge in [-0.3, -0.25) is 9.69 Å². The van der Waals surface area contributed by atoms with Crippen LogP contribution in [0.15, 0.2) is 23.9 Å². The number of carbonyl (C=O) groups is 1. The molecular formula is C14H15ClN2O2S. The molecule has 1 aliphatic rings. The van der Waals surface area contributed by atoms with E-state index >= 15 is 0 Å². The number of methoxy groups -OCH3 is 1. The first-order valence-corrected chi connectivity index (χ1v) is 6.93. The summed E-state index contributed by atoms with van der Waals surface area (Å²) >= 11 is 11.3. The predicted octanol–water partition coefficient (Wildman–Crippen LogP) is 2.77. The van der Waals surface area contributed by atoms with E-state index in [2.05, 4.69) is 0 Å². The van der Waals surface area contributed by atoms with Gasteiger partial charge < -0.3 is 9.64 Å². The molecule has 0 unspecified atom stereocenters. The van der Waals surface area contributed by atoms with E-state index < -0.39 is 0 Å². The van der Waals surface area contributed by atoms with Crippen molar-refractivity contribution in [2.75, 3.05) is 20.7 Å². The molecule has 1 aliphatic heterocycles. The lowest BCUT2D eigenvalue weighted by Gasteiger charge is -2.13. The maximum absolute atomic E-state index is 12.2. The molecule has 0 bridgehead atoms. The maximum atomic E-state index is 12.2. The highest BCUT2D eigenvalue weighted by Crippen LogP contribution is 2.27. The Balaban J connectivity index is 2.38. The van der Waals surface area contributed by atoms with Gasteiger partial charge in [-0.2, -0.15) is 0 Å². The number of nitrogens with zero attached hydrogens (tertiary/aromatic N) is 2. The van der Waals surface area contributed by atoms with Crippen molar-refractivity contribution in [2.24, 2.45) is 0 Å². The van der Waals surface area contributed by atoms with Crippen molar-refractivity contribution in [3.63, 3.8) is 0 Å². The third-order valence-corrected chi connectivity index (χ3v) is 3.93. The van der Waals surface area contributed by atoms with Crippen LogP contribution in [0.2, 0.25) is 5.02 Å². The summed E-state index contributed by atoms with van der Waals surface area (Å²) in [5.41, 5.74) is 1.37. The number of benzene rings is 1. The molecule has 0 radical (unpaired) electrons. The van der Waals surface area contributed by atoms with Crippen LogP contribution in [0, 0.1) is 0 Å². The lowest BCUT2D eigenvalue weighted by Crippen LogP contribution is -2.30.